The first kappa shape index (κ1) is 16.3. The van der Waals surface area contributed by atoms with Crippen LogP contribution in [-0.4, -0.2) is 68.8 Å². The summed E-state index contributed by atoms with van der Waals surface area (Å²) in [7, 11) is -3.28. The molecule has 126 valence electrons. The molecule has 7 nitrogen and oxygen atoms in total. The van der Waals surface area contributed by atoms with Gasteiger partial charge in [-0.15, -0.1) is 11.3 Å². The highest BCUT2D eigenvalue weighted by atomic mass is 32.2. The standard InChI is InChI=1S/C14H18N2O5S2/c17-13(10-16-5-7-21-14(16)18)15-4-3-12(11-2-1-8-22-11)23(19,20)9-6-15/h1-2,8,12H,3-7,9-10H2. The molecule has 23 heavy (non-hydrogen) atoms. The number of sulfone groups is 1. The van der Waals surface area contributed by atoms with Crippen molar-refractivity contribution in [3.8, 4) is 0 Å². The summed E-state index contributed by atoms with van der Waals surface area (Å²) in [6, 6.07) is 3.66. The first-order valence-corrected chi connectivity index (χ1v) is 10.0. The van der Waals surface area contributed by atoms with Crippen LogP contribution in [0.25, 0.3) is 0 Å². The number of rotatable bonds is 3. The van der Waals surface area contributed by atoms with Crippen molar-refractivity contribution < 1.29 is 22.7 Å². The second-order valence-electron chi connectivity index (χ2n) is 5.58. The van der Waals surface area contributed by atoms with E-state index in [1.807, 2.05) is 17.5 Å². The summed E-state index contributed by atoms with van der Waals surface area (Å²) < 4.78 is 29.7. The first-order valence-electron chi connectivity index (χ1n) is 7.42. The summed E-state index contributed by atoms with van der Waals surface area (Å²) >= 11 is 1.43. The minimum atomic E-state index is -3.28. The van der Waals surface area contributed by atoms with Gasteiger partial charge in [0.1, 0.15) is 13.2 Å². The van der Waals surface area contributed by atoms with Crippen LogP contribution < -0.4 is 0 Å². The predicted molar refractivity (Wildman–Crippen MR) is 85.0 cm³/mol. The third-order valence-corrected chi connectivity index (χ3v) is 7.37. The normalized spacial score (nSPS) is 24.3. The molecule has 1 aromatic heterocycles. The van der Waals surface area contributed by atoms with Gasteiger partial charge in [-0.3, -0.25) is 9.69 Å². The van der Waals surface area contributed by atoms with Crippen LogP contribution in [0.15, 0.2) is 17.5 Å². The first-order chi connectivity index (χ1) is 11.0. The lowest BCUT2D eigenvalue weighted by atomic mass is 10.2. The predicted octanol–water partition coefficient (Wildman–Crippen LogP) is 0.889. The fourth-order valence-electron chi connectivity index (χ4n) is 2.82. The van der Waals surface area contributed by atoms with Crippen LogP contribution in [0.2, 0.25) is 0 Å². The zero-order valence-electron chi connectivity index (χ0n) is 12.5. The second kappa shape index (κ2) is 6.48. The van der Waals surface area contributed by atoms with Gasteiger partial charge < -0.3 is 9.64 Å². The highest BCUT2D eigenvalue weighted by Crippen LogP contribution is 2.32. The van der Waals surface area contributed by atoms with Gasteiger partial charge in [0.2, 0.25) is 5.91 Å². The Bertz CT molecular complexity index is 686. The van der Waals surface area contributed by atoms with Crippen LogP contribution in [-0.2, 0) is 19.4 Å². The fraction of sp³-hybridized carbons (Fsp3) is 0.571. The zero-order valence-corrected chi connectivity index (χ0v) is 14.1. The van der Waals surface area contributed by atoms with Gasteiger partial charge in [0.05, 0.1) is 17.5 Å². The largest absolute Gasteiger partial charge is 0.448 e. The molecule has 9 heteroatoms. The molecule has 2 saturated heterocycles. The van der Waals surface area contributed by atoms with Crippen molar-refractivity contribution in [3.05, 3.63) is 22.4 Å². The van der Waals surface area contributed by atoms with E-state index in [2.05, 4.69) is 0 Å². The molecule has 1 atom stereocenters. The number of cyclic esters (lactones) is 1. The van der Waals surface area contributed by atoms with Crippen LogP contribution in [0.5, 0.6) is 0 Å². The van der Waals surface area contributed by atoms with Crippen molar-refractivity contribution >= 4 is 33.2 Å². The maximum atomic E-state index is 12.4. The van der Waals surface area contributed by atoms with E-state index in [4.69, 9.17) is 4.74 Å². The van der Waals surface area contributed by atoms with E-state index in [1.165, 1.54) is 21.1 Å². The summed E-state index contributed by atoms with van der Waals surface area (Å²) in [5, 5.41) is 1.31. The van der Waals surface area contributed by atoms with E-state index < -0.39 is 21.2 Å². The van der Waals surface area contributed by atoms with Gasteiger partial charge in [0, 0.05) is 18.0 Å². The van der Waals surface area contributed by atoms with Gasteiger partial charge in [-0.2, -0.15) is 0 Å². The van der Waals surface area contributed by atoms with E-state index in [-0.39, 0.29) is 24.7 Å². The average Bonchev–Trinajstić information content (AvgIpc) is 3.12. The van der Waals surface area contributed by atoms with Crippen LogP contribution in [0.4, 0.5) is 4.79 Å². The van der Waals surface area contributed by atoms with Crippen molar-refractivity contribution in [1.82, 2.24) is 9.80 Å². The third-order valence-electron chi connectivity index (χ3n) is 4.12. The molecule has 0 N–H and O–H groups in total. The Balaban J connectivity index is 1.67. The Hall–Kier alpha value is -1.61. The summed E-state index contributed by atoms with van der Waals surface area (Å²) in [6.07, 6.45) is -0.101. The molecule has 2 aliphatic rings. The topological polar surface area (TPSA) is 84.0 Å². The van der Waals surface area contributed by atoms with Crippen LogP contribution in [0.3, 0.4) is 0 Å². The summed E-state index contributed by atoms with van der Waals surface area (Å²) in [4.78, 5) is 27.5. The quantitative estimate of drug-likeness (QED) is 0.801. The molecule has 0 aliphatic carbocycles. The van der Waals surface area contributed by atoms with Gasteiger partial charge in [-0.05, 0) is 17.9 Å². The molecule has 2 fully saturated rings. The van der Waals surface area contributed by atoms with Gasteiger partial charge in [0.15, 0.2) is 9.84 Å². The monoisotopic (exact) mass is 358 g/mol. The number of hydrogen-bond donors (Lipinski definition) is 0. The molecule has 0 aromatic carbocycles. The van der Waals surface area contributed by atoms with E-state index in [0.717, 1.165) is 4.88 Å². The van der Waals surface area contributed by atoms with Gasteiger partial charge in [0.25, 0.3) is 0 Å². The summed E-state index contributed by atoms with van der Waals surface area (Å²) in [6.45, 7) is 1.19. The number of hydrogen-bond acceptors (Lipinski definition) is 6. The lowest BCUT2D eigenvalue weighted by Crippen LogP contribution is -2.42. The maximum Gasteiger partial charge on any atom is 0.410 e. The lowest BCUT2D eigenvalue weighted by molar-refractivity contribution is -0.131. The molecule has 0 saturated carbocycles. The van der Waals surface area contributed by atoms with Crippen LogP contribution in [0.1, 0.15) is 16.5 Å². The number of thiophene rings is 1. The molecule has 0 bridgehead atoms. The summed E-state index contributed by atoms with van der Waals surface area (Å²) in [5.41, 5.74) is 0. The Morgan fingerprint density at radius 1 is 1.35 bits per heavy atom. The Kier molecular flexibility index (Phi) is 4.58. The minimum absolute atomic E-state index is 0.0498. The Morgan fingerprint density at radius 2 is 2.17 bits per heavy atom. The third kappa shape index (κ3) is 3.50. The van der Waals surface area contributed by atoms with Crippen molar-refractivity contribution in [2.45, 2.75) is 11.7 Å². The van der Waals surface area contributed by atoms with E-state index in [9.17, 15) is 18.0 Å². The van der Waals surface area contributed by atoms with Crippen molar-refractivity contribution in [2.24, 2.45) is 0 Å². The average molecular weight is 358 g/mol. The molecule has 0 radical (unpaired) electrons. The molecular formula is C14H18N2O5S2. The van der Waals surface area contributed by atoms with Crippen molar-refractivity contribution in [1.29, 1.82) is 0 Å². The molecule has 2 aliphatic heterocycles. The fourth-order valence-corrected chi connectivity index (χ4v) is 5.82. The molecule has 2 amide bonds. The highest BCUT2D eigenvalue weighted by Gasteiger charge is 2.34. The molecular weight excluding hydrogens is 340 g/mol. The molecule has 1 unspecified atom stereocenters. The second-order valence-corrected chi connectivity index (χ2v) is 8.86. The van der Waals surface area contributed by atoms with Gasteiger partial charge in [-0.1, -0.05) is 6.07 Å². The highest BCUT2D eigenvalue weighted by molar-refractivity contribution is 7.91. The smallest absolute Gasteiger partial charge is 0.410 e. The zero-order chi connectivity index (χ0) is 16.4. The molecule has 3 rings (SSSR count). The number of nitrogens with zero attached hydrogens (tertiary/aromatic N) is 2. The lowest BCUT2D eigenvalue weighted by Gasteiger charge is -2.22. The molecule has 3 heterocycles. The van der Waals surface area contributed by atoms with Crippen molar-refractivity contribution in [2.75, 3.05) is 38.5 Å². The van der Waals surface area contributed by atoms with E-state index in [0.29, 0.717) is 26.1 Å². The number of carbonyl (C=O) groups excluding carboxylic acids is 2. The van der Waals surface area contributed by atoms with Crippen LogP contribution in [0, 0.1) is 0 Å². The SMILES string of the molecule is O=C(CN1CCOC1=O)N1CCC(c2cccs2)S(=O)(=O)CC1. The van der Waals surface area contributed by atoms with Crippen molar-refractivity contribution in [3.63, 3.8) is 0 Å². The molecule has 0 spiro atoms. The van der Waals surface area contributed by atoms with E-state index >= 15 is 0 Å². The van der Waals surface area contributed by atoms with Gasteiger partial charge >= 0.3 is 6.09 Å². The number of carbonyl (C=O) groups is 2. The van der Waals surface area contributed by atoms with Crippen LogP contribution >= 0.6 is 11.3 Å². The number of ether oxygens (including phenoxy) is 1. The maximum absolute atomic E-state index is 12.4. The Morgan fingerprint density at radius 3 is 2.83 bits per heavy atom. The number of amides is 2. The van der Waals surface area contributed by atoms with E-state index in [1.54, 1.807) is 0 Å². The Labute approximate surface area is 138 Å². The molecule has 1 aromatic rings. The minimum Gasteiger partial charge on any atom is -0.448 e. The summed E-state index contributed by atoms with van der Waals surface area (Å²) in [5.74, 6) is -0.281. The van der Waals surface area contributed by atoms with Gasteiger partial charge in [-0.25, -0.2) is 13.2 Å².